The first-order chi connectivity index (χ1) is 12.9. The standard InChI is InChI=1S/C18H15Cl2N3O3S/c1-2-26-17-11-10-15(21-22-17)12-6-8-13(9-7-12)23-27(24,25)16-5-3-4-14(19)18(16)20/h3-11,23H,2H2,1H3. The van der Waals surface area contributed by atoms with E-state index >= 15 is 0 Å². The fourth-order valence-electron chi connectivity index (χ4n) is 2.31. The van der Waals surface area contributed by atoms with Crippen molar-refractivity contribution in [1.29, 1.82) is 0 Å². The molecule has 3 rings (SSSR count). The van der Waals surface area contributed by atoms with E-state index in [0.29, 0.717) is 23.9 Å². The molecule has 0 amide bonds. The highest BCUT2D eigenvalue weighted by Crippen LogP contribution is 2.30. The number of anilines is 1. The predicted molar refractivity (Wildman–Crippen MR) is 106 cm³/mol. The Bertz CT molecular complexity index is 1040. The van der Waals surface area contributed by atoms with Crippen LogP contribution in [0.25, 0.3) is 11.3 Å². The van der Waals surface area contributed by atoms with E-state index in [9.17, 15) is 8.42 Å². The summed E-state index contributed by atoms with van der Waals surface area (Å²) in [5.41, 5.74) is 1.81. The van der Waals surface area contributed by atoms with Gasteiger partial charge in [0.1, 0.15) is 4.90 Å². The van der Waals surface area contributed by atoms with Gasteiger partial charge in [0.15, 0.2) is 0 Å². The first-order valence-corrected chi connectivity index (χ1v) is 10.2. The summed E-state index contributed by atoms with van der Waals surface area (Å²) < 4.78 is 32.8. The molecule has 0 bridgehead atoms. The van der Waals surface area contributed by atoms with Crippen LogP contribution >= 0.6 is 23.2 Å². The maximum absolute atomic E-state index is 12.5. The SMILES string of the molecule is CCOc1ccc(-c2ccc(NS(=O)(=O)c3cccc(Cl)c3Cl)cc2)nn1. The van der Waals surface area contributed by atoms with Crippen LogP contribution in [-0.4, -0.2) is 25.2 Å². The highest BCUT2D eigenvalue weighted by molar-refractivity contribution is 7.92. The van der Waals surface area contributed by atoms with Crippen molar-refractivity contribution in [3.8, 4) is 17.1 Å². The van der Waals surface area contributed by atoms with Crippen LogP contribution < -0.4 is 9.46 Å². The number of ether oxygens (including phenoxy) is 1. The minimum atomic E-state index is -3.87. The van der Waals surface area contributed by atoms with E-state index in [0.717, 1.165) is 5.56 Å². The van der Waals surface area contributed by atoms with Crippen molar-refractivity contribution in [2.24, 2.45) is 0 Å². The topological polar surface area (TPSA) is 81.2 Å². The Balaban J connectivity index is 1.80. The number of nitrogens with one attached hydrogen (secondary N) is 1. The number of hydrogen-bond donors (Lipinski definition) is 1. The van der Waals surface area contributed by atoms with Crippen LogP contribution in [0, 0.1) is 0 Å². The Morgan fingerprint density at radius 3 is 2.37 bits per heavy atom. The molecule has 1 N–H and O–H groups in total. The molecule has 9 heteroatoms. The van der Waals surface area contributed by atoms with Gasteiger partial charge in [0.25, 0.3) is 10.0 Å². The molecule has 0 unspecified atom stereocenters. The normalized spacial score (nSPS) is 11.2. The number of rotatable bonds is 6. The summed E-state index contributed by atoms with van der Waals surface area (Å²) in [5.74, 6) is 0.448. The number of halogens is 2. The molecule has 27 heavy (non-hydrogen) atoms. The van der Waals surface area contributed by atoms with Crippen LogP contribution in [0.15, 0.2) is 59.5 Å². The number of nitrogens with zero attached hydrogens (tertiary/aromatic N) is 2. The average Bonchev–Trinajstić information content (AvgIpc) is 2.65. The molecule has 0 aliphatic heterocycles. The first-order valence-electron chi connectivity index (χ1n) is 7.94. The lowest BCUT2D eigenvalue weighted by Gasteiger charge is -2.10. The molecule has 0 fully saturated rings. The fraction of sp³-hybridized carbons (Fsp3) is 0.111. The van der Waals surface area contributed by atoms with E-state index in [4.69, 9.17) is 27.9 Å². The Hall–Kier alpha value is -2.35. The number of hydrogen-bond acceptors (Lipinski definition) is 5. The largest absolute Gasteiger partial charge is 0.477 e. The molecule has 140 valence electrons. The van der Waals surface area contributed by atoms with E-state index in [1.54, 1.807) is 36.4 Å². The molecule has 0 aliphatic carbocycles. The van der Waals surface area contributed by atoms with Crippen molar-refractivity contribution in [2.45, 2.75) is 11.8 Å². The van der Waals surface area contributed by atoms with Crippen LogP contribution in [0.2, 0.25) is 10.0 Å². The fourth-order valence-corrected chi connectivity index (χ4v) is 4.13. The summed E-state index contributed by atoms with van der Waals surface area (Å²) in [6.45, 7) is 2.38. The lowest BCUT2D eigenvalue weighted by atomic mass is 10.1. The predicted octanol–water partition coefficient (Wildman–Crippen LogP) is 4.65. The molecule has 0 spiro atoms. The molecule has 3 aromatic rings. The third-order valence-corrected chi connectivity index (χ3v) is 5.93. The Morgan fingerprint density at radius 2 is 1.74 bits per heavy atom. The second kappa shape index (κ2) is 8.12. The van der Waals surface area contributed by atoms with E-state index in [1.165, 1.54) is 18.2 Å². The van der Waals surface area contributed by atoms with E-state index in [2.05, 4.69) is 14.9 Å². The van der Waals surface area contributed by atoms with E-state index in [1.807, 2.05) is 6.92 Å². The number of sulfonamides is 1. The average molecular weight is 424 g/mol. The highest BCUT2D eigenvalue weighted by Gasteiger charge is 2.19. The molecule has 1 heterocycles. The van der Waals surface area contributed by atoms with Gasteiger partial charge in [-0.15, -0.1) is 10.2 Å². The number of aromatic nitrogens is 2. The van der Waals surface area contributed by atoms with Crippen molar-refractivity contribution in [3.63, 3.8) is 0 Å². The van der Waals surface area contributed by atoms with Crippen molar-refractivity contribution >= 4 is 38.9 Å². The molecule has 0 saturated carbocycles. The smallest absolute Gasteiger partial charge is 0.263 e. The summed E-state index contributed by atoms with van der Waals surface area (Å²) in [6.07, 6.45) is 0. The minimum absolute atomic E-state index is 0.0204. The molecular formula is C18H15Cl2N3O3S. The van der Waals surface area contributed by atoms with Crippen molar-refractivity contribution in [2.75, 3.05) is 11.3 Å². The monoisotopic (exact) mass is 423 g/mol. The van der Waals surface area contributed by atoms with Crippen molar-refractivity contribution in [3.05, 3.63) is 64.6 Å². The van der Waals surface area contributed by atoms with E-state index in [-0.39, 0.29) is 14.9 Å². The molecule has 6 nitrogen and oxygen atoms in total. The minimum Gasteiger partial charge on any atom is -0.477 e. The van der Waals surface area contributed by atoms with Crippen LogP contribution in [0.4, 0.5) is 5.69 Å². The van der Waals surface area contributed by atoms with Crippen LogP contribution in [0.3, 0.4) is 0 Å². The quantitative estimate of drug-likeness (QED) is 0.623. The van der Waals surface area contributed by atoms with Crippen LogP contribution in [0.1, 0.15) is 6.92 Å². The second-order valence-corrected chi connectivity index (χ2v) is 7.86. The summed E-state index contributed by atoms with van der Waals surface area (Å²) in [5, 5.41) is 8.22. The Labute approximate surface area is 167 Å². The van der Waals surface area contributed by atoms with Gasteiger partial charge in [0.2, 0.25) is 5.88 Å². The third-order valence-electron chi connectivity index (χ3n) is 3.57. The number of benzene rings is 2. The maximum atomic E-state index is 12.5. The van der Waals surface area contributed by atoms with Gasteiger partial charge in [0.05, 0.1) is 22.3 Å². The third kappa shape index (κ3) is 4.50. The van der Waals surface area contributed by atoms with Crippen molar-refractivity contribution < 1.29 is 13.2 Å². The zero-order valence-corrected chi connectivity index (χ0v) is 16.5. The van der Waals surface area contributed by atoms with Gasteiger partial charge in [-0.05, 0) is 37.3 Å². The summed E-state index contributed by atoms with van der Waals surface area (Å²) >= 11 is 11.9. The highest BCUT2D eigenvalue weighted by atomic mass is 35.5. The Morgan fingerprint density at radius 1 is 1.00 bits per heavy atom. The summed E-state index contributed by atoms with van der Waals surface area (Å²) in [7, 11) is -3.87. The van der Waals surface area contributed by atoms with Gasteiger partial charge < -0.3 is 4.74 Å². The Kier molecular flexibility index (Phi) is 5.84. The zero-order chi connectivity index (χ0) is 19.4. The lowest BCUT2D eigenvalue weighted by molar-refractivity contribution is 0.323. The molecule has 0 atom stereocenters. The zero-order valence-electron chi connectivity index (χ0n) is 14.2. The molecule has 2 aromatic carbocycles. The molecule has 0 radical (unpaired) electrons. The summed E-state index contributed by atoms with van der Waals surface area (Å²) in [4.78, 5) is -0.0851. The van der Waals surface area contributed by atoms with Gasteiger partial charge in [0, 0.05) is 17.3 Å². The van der Waals surface area contributed by atoms with Gasteiger partial charge in [-0.3, -0.25) is 4.72 Å². The molecule has 0 saturated heterocycles. The van der Waals surface area contributed by atoms with Crippen LogP contribution in [-0.2, 0) is 10.0 Å². The first kappa shape index (κ1) is 19.4. The second-order valence-electron chi connectivity index (χ2n) is 5.42. The van der Waals surface area contributed by atoms with E-state index < -0.39 is 10.0 Å². The van der Waals surface area contributed by atoms with Crippen LogP contribution in [0.5, 0.6) is 5.88 Å². The molecular weight excluding hydrogens is 409 g/mol. The van der Waals surface area contributed by atoms with Gasteiger partial charge in [-0.2, -0.15) is 0 Å². The maximum Gasteiger partial charge on any atom is 0.263 e. The van der Waals surface area contributed by atoms with Gasteiger partial charge in [-0.25, -0.2) is 8.42 Å². The van der Waals surface area contributed by atoms with Crippen molar-refractivity contribution in [1.82, 2.24) is 10.2 Å². The molecule has 1 aromatic heterocycles. The van der Waals surface area contributed by atoms with Gasteiger partial charge in [-0.1, -0.05) is 41.4 Å². The molecule has 0 aliphatic rings. The summed E-state index contributed by atoms with van der Waals surface area (Å²) in [6, 6.07) is 14.7. The van der Waals surface area contributed by atoms with Gasteiger partial charge >= 0.3 is 0 Å². The lowest BCUT2D eigenvalue weighted by Crippen LogP contribution is -2.13.